The number of rotatable bonds is 8. The van der Waals surface area contributed by atoms with Gasteiger partial charge in [-0.15, -0.1) is 0 Å². The number of aryl methyl sites for hydroxylation is 1. The average molecular weight is 354 g/mol. The van der Waals surface area contributed by atoms with E-state index in [-0.39, 0.29) is 11.9 Å². The van der Waals surface area contributed by atoms with Crippen LogP contribution in [0.3, 0.4) is 0 Å². The van der Waals surface area contributed by atoms with E-state index in [1.165, 1.54) is 0 Å². The number of amides is 1. The standard InChI is InChI=1S/C22H30N2O2/c1-17(24(4)20-8-6-5-7-9-20)16-23-21(25)19-12-10-18(11-13-19)14-15-22(2,3)26/h5-13,17,26H,14-16H2,1-4H3,(H,23,25)/t17-/m0/s1. The van der Waals surface area contributed by atoms with Crippen LogP contribution in [0.2, 0.25) is 0 Å². The first kappa shape index (κ1) is 20.0. The molecular weight excluding hydrogens is 324 g/mol. The molecule has 0 heterocycles. The molecule has 4 heteroatoms. The van der Waals surface area contributed by atoms with E-state index in [2.05, 4.69) is 29.3 Å². The van der Waals surface area contributed by atoms with Crippen molar-refractivity contribution in [3.05, 3.63) is 65.7 Å². The summed E-state index contributed by atoms with van der Waals surface area (Å²) in [6.45, 7) is 6.28. The van der Waals surface area contributed by atoms with Crippen molar-refractivity contribution in [1.29, 1.82) is 0 Å². The molecule has 0 bridgehead atoms. The van der Waals surface area contributed by atoms with E-state index < -0.39 is 5.60 Å². The van der Waals surface area contributed by atoms with Crippen LogP contribution in [0.15, 0.2) is 54.6 Å². The Morgan fingerprint density at radius 1 is 1.12 bits per heavy atom. The SMILES string of the molecule is C[C@@H](CNC(=O)c1ccc(CCC(C)(C)O)cc1)N(C)c1ccccc1. The quantitative estimate of drug-likeness (QED) is 0.761. The Morgan fingerprint density at radius 2 is 1.73 bits per heavy atom. The van der Waals surface area contributed by atoms with Gasteiger partial charge in [-0.25, -0.2) is 0 Å². The molecule has 2 aromatic rings. The van der Waals surface area contributed by atoms with Crippen LogP contribution in [-0.2, 0) is 6.42 Å². The number of anilines is 1. The van der Waals surface area contributed by atoms with Crippen LogP contribution in [0, 0.1) is 0 Å². The van der Waals surface area contributed by atoms with E-state index in [0.29, 0.717) is 18.5 Å². The smallest absolute Gasteiger partial charge is 0.251 e. The van der Waals surface area contributed by atoms with Gasteiger partial charge in [-0.1, -0.05) is 30.3 Å². The predicted octanol–water partition coefficient (Wildman–Crippen LogP) is 3.64. The van der Waals surface area contributed by atoms with Crippen molar-refractivity contribution >= 4 is 11.6 Å². The Morgan fingerprint density at radius 3 is 2.31 bits per heavy atom. The first-order chi connectivity index (χ1) is 12.3. The van der Waals surface area contributed by atoms with Gasteiger partial charge in [0.15, 0.2) is 0 Å². The lowest BCUT2D eigenvalue weighted by atomic mass is 9.98. The van der Waals surface area contributed by atoms with Crippen LogP contribution < -0.4 is 10.2 Å². The molecule has 0 unspecified atom stereocenters. The molecule has 2 N–H and O–H groups in total. The third-order valence-electron chi connectivity index (χ3n) is 4.62. The van der Waals surface area contributed by atoms with E-state index in [1.807, 2.05) is 63.4 Å². The van der Waals surface area contributed by atoms with Crippen molar-refractivity contribution in [1.82, 2.24) is 5.32 Å². The number of carbonyl (C=O) groups excluding carboxylic acids is 1. The van der Waals surface area contributed by atoms with Gasteiger partial charge in [0.1, 0.15) is 0 Å². The summed E-state index contributed by atoms with van der Waals surface area (Å²) in [5, 5.41) is 12.8. The van der Waals surface area contributed by atoms with Crippen LogP contribution >= 0.6 is 0 Å². The molecule has 2 aromatic carbocycles. The first-order valence-electron chi connectivity index (χ1n) is 9.14. The first-order valence-corrected chi connectivity index (χ1v) is 9.14. The molecule has 0 saturated heterocycles. The van der Waals surface area contributed by atoms with Crippen LogP contribution in [0.1, 0.15) is 43.1 Å². The number of benzene rings is 2. The minimum atomic E-state index is -0.670. The number of hydrogen-bond donors (Lipinski definition) is 2. The number of aliphatic hydroxyl groups is 1. The molecule has 0 aliphatic heterocycles. The van der Waals surface area contributed by atoms with Crippen molar-refractivity contribution in [3.8, 4) is 0 Å². The summed E-state index contributed by atoms with van der Waals surface area (Å²) in [5.74, 6) is -0.0626. The molecule has 0 aromatic heterocycles. The topological polar surface area (TPSA) is 52.6 Å². The van der Waals surface area contributed by atoms with E-state index in [1.54, 1.807) is 0 Å². The molecule has 2 rings (SSSR count). The summed E-state index contributed by atoms with van der Waals surface area (Å²) in [7, 11) is 2.03. The monoisotopic (exact) mass is 354 g/mol. The Balaban J connectivity index is 1.85. The molecule has 1 amide bonds. The predicted molar refractivity (Wildman–Crippen MR) is 108 cm³/mol. The minimum Gasteiger partial charge on any atom is -0.390 e. The molecule has 0 spiro atoms. The fraction of sp³-hybridized carbons (Fsp3) is 0.409. The van der Waals surface area contributed by atoms with Gasteiger partial charge < -0.3 is 15.3 Å². The van der Waals surface area contributed by atoms with Gasteiger partial charge in [0.05, 0.1) is 5.60 Å². The molecule has 0 fully saturated rings. The number of likely N-dealkylation sites (N-methyl/N-ethyl adjacent to an activating group) is 1. The highest BCUT2D eigenvalue weighted by Crippen LogP contribution is 2.15. The van der Waals surface area contributed by atoms with Gasteiger partial charge in [-0.3, -0.25) is 4.79 Å². The maximum Gasteiger partial charge on any atom is 0.251 e. The van der Waals surface area contributed by atoms with Gasteiger partial charge in [0.2, 0.25) is 0 Å². The van der Waals surface area contributed by atoms with Crippen LogP contribution in [-0.4, -0.2) is 36.2 Å². The summed E-state index contributed by atoms with van der Waals surface area (Å²) in [5.41, 5.74) is 2.24. The maximum absolute atomic E-state index is 12.4. The van der Waals surface area contributed by atoms with E-state index >= 15 is 0 Å². The van der Waals surface area contributed by atoms with Crippen LogP contribution in [0.5, 0.6) is 0 Å². The normalized spacial score (nSPS) is 12.5. The molecule has 140 valence electrons. The summed E-state index contributed by atoms with van der Waals surface area (Å²) >= 11 is 0. The van der Waals surface area contributed by atoms with Gasteiger partial charge in [-0.05, 0) is 63.4 Å². The van der Waals surface area contributed by atoms with Gasteiger partial charge in [0, 0.05) is 30.9 Å². The fourth-order valence-corrected chi connectivity index (χ4v) is 2.67. The van der Waals surface area contributed by atoms with Crippen molar-refractivity contribution < 1.29 is 9.90 Å². The molecule has 0 aliphatic carbocycles. The second-order valence-electron chi connectivity index (χ2n) is 7.51. The van der Waals surface area contributed by atoms with Gasteiger partial charge in [0.25, 0.3) is 5.91 Å². The lowest BCUT2D eigenvalue weighted by molar-refractivity contribution is 0.0713. The van der Waals surface area contributed by atoms with Crippen LogP contribution in [0.25, 0.3) is 0 Å². The highest BCUT2D eigenvalue weighted by atomic mass is 16.3. The molecule has 0 aliphatic rings. The number of nitrogens with one attached hydrogen (secondary N) is 1. The van der Waals surface area contributed by atoms with Crippen LogP contribution in [0.4, 0.5) is 5.69 Å². The Hall–Kier alpha value is -2.33. The summed E-state index contributed by atoms with van der Waals surface area (Å²) < 4.78 is 0. The van der Waals surface area contributed by atoms with Crippen molar-refractivity contribution in [2.24, 2.45) is 0 Å². The molecular formula is C22H30N2O2. The molecule has 0 saturated carbocycles. The van der Waals surface area contributed by atoms with E-state index in [4.69, 9.17) is 0 Å². The van der Waals surface area contributed by atoms with E-state index in [9.17, 15) is 9.90 Å². The second kappa shape index (κ2) is 8.86. The number of nitrogens with zero attached hydrogens (tertiary/aromatic N) is 1. The van der Waals surface area contributed by atoms with Crippen molar-refractivity contribution in [2.75, 3.05) is 18.5 Å². The molecule has 1 atom stereocenters. The highest BCUT2D eigenvalue weighted by Gasteiger charge is 2.14. The van der Waals surface area contributed by atoms with E-state index in [0.717, 1.165) is 17.7 Å². The Labute approximate surface area is 156 Å². The van der Waals surface area contributed by atoms with Crippen molar-refractivity contribution in [3.63, 3.8) is 0 Å². The second-order valence-corrected chi connectivity index (χ2v) is 7.51. The molecule has 4 nitrogen and oxygen atoms in total. The Kier molecular flexibility index (Phi) is 6.81. The largest absolute Gasteiger partial charge is 0.390 e. The number of para-hydroxylation sites is 1. The molecule has 0 radical (unpaired) electrons. The van der Waals surface area contributed by atoms with Gasteiger partial charge in [-0.2, -0.15) is 0 Å². The van der Waals surface area contributed by atoms with Gasteiger partial charge >= 0.3 is 0 Å². The lowest BCUT2D eigenvalue weighted by Gasteiger charge is -2.27. The lowest BCUT2D eigenvalue weighted by Crippen LogP contribution is -2.40. The number of carbonyl (C=O) groups is 1. The third-order valence-corrected chi connectivity index (χ3v) is 4.62. The zero-order valence-corrected chi connectivity index (χ0v) is 16.2. The Bertz CT molecular complexity index is 690. The summed E-state index contributed by atoms with van der Waals surface area (Å²) in [6, 6.07) is 17.9. The third kappa shape index (κ3) is 6.19. The fourth-order valence-electron chi connectivity index (χ4n) is 2.67. The average Bonchev–Trinajstić information content (AvgIpc) is 2.64. The summed E-state index contributed by atoms with van der Waals surface area (Å²) in [4.78, 5) is 14.5. The highest BCUT2D eigenvalue weighted by molar-refractivity contribution is 5.94. The minimum absolute atomic E-state index is 0.0626. The maximum atomic E-state index is 12.4. The zero-order chi connectivity index (χ0) is 19.2. The number of hydrogen-bond acceptors (Lipinski definition) is 3. The van der Waals surface area contributed by atoms with Crippen molar-refractivity contribution in [2.45, 2.75) is 45.3 Å². The summed E-state index contributed by atoms with van der Waals surface area (Å²) in [6.07, 6.45) is 1.49. The zero-order valence-electron chi connectivity index (χ0n) is 16.2. The molecule has 26 heavy (non-hydrogen) atoms.